The molecule has 11 heteroatoms. The minimum absolute atomic E-state index is 0. The summed E-state index contributed by atoms with van der Waals surface area (Å²) in [7, 11) is 0. The Bertz CT molecular complexity index is 695. The van der Waals surface area contributed by atoms with Gasteiger partial charge in [0.1, 0.15) is 18.5 Å². The highest BCUT2D eigenvalue weighted by Crippen LogP contribution is 2.19. The fourth-order valence-corrected chi connectivity index (χ4v) is 3.78. The van der Waals surface area contributed by atoms with Crippen LogP contribution in [0.25, 0.3) is 0 Å². The Hall–Kier alpha value is -1.50. The molecular weight excluding hydrogens is 489 g/mol. The van der Waals surface area contributed by atoms with Crippen LogP contribution in [-0.2, 0) is 13.0 Å². The molecule has 0 atom stereocenters. The van der Waals surface area contributed by atoms with Crippen LogP contribution in [0, 0.1) is 0 Å². The van der Waals surface area contributed by atoms with Gasteiger partial charge in [0.15, 0.2) is 5.96 Å². The van der Waals surface area contributed by atoms with Crippen molar-refractivity contribution in [2.24, 2.45) is 4.99 Å². The first-order valence-electron chi connectivity index (χ1n) is 9.73. The predicted molar refractivity (Wildman–Crippen MR) is 124 cm³/mol. The largest absolute Gasteiger partial charge is 0.357 e. The zero-order chi connectivity index (χ0) is 18.9. The normalized spacial score (nSPS) is 14.9. The summed E-state index contributed by atoms with van der Waals surface area (Å²) in [5.41, 5.74) is 0. The molecule has 0 bridgehead atoms. The van der Waals surface area contributed by atoms with Gasteiger partial charge in [-0.2, -0.15) is 4.37 Å². The van der Waals surface area contributed by atoms with Crippen LogP contribution in [0.4, 0.5) is 5.13 Å². The predicted octanol–water partition coefficient (Wildman–Crippen LogP) is 1.88. The van der Waals surface area contributed by atoms with Gasteiger partial charge in [0.05, 0.1) is 0 Å². The van der Waals surface area contributed by atoms with Gasteiger partial charge in [-0.15, -0.1) is 34.2 Å². The molecule has 9 nitrogen and oxygen atoms in total. The van der Waals surface area contributed by atoms with Gasteiger partial charge in [-0.25, -0.2) is 4.98 Å². The zero-order valence-corrected chi connectivity index (χ0v) is 19.8. The van der Waals surface area contributed by atoms with E-state index in [9.17, 15) is 0 Å². The Labute approximate surface area is 187 Å². The van der Waals surface area contributed by atoms with Gasteiger partial charge in [0.2, 0.25) is 5.13 Å². The molecule has 1 aliphatic rings. The van der Waals surface area contributed by atoms with Crippen molar-refractivity contribution in [2.75, 3.05) is 44.2 Å². The summed E-state index contributed by atoms with van der Waals surface area (Å²) in [5, 5.41) is 12.1. The Morgan fingerprint density at radius 3 is 2.54 bits per heavy atom. The van der Waals surface area contributed by atoms with E-state index in [4.69, 9.17) is 4.99 Å². The second kappa shape index (κ2) is 12.1. The molecule has 0 radical (unpaired) electrons. The zero-order valence-electron chi connectivity index (χ0n) is 16.6. The number of guanidine groups is 1. The van der Waals surface area contributed by atoms with Crippen molar-refractivity contribution in [3.8, 4) is 0 Å². The molecule has 0 unspecified atom stereocenters. The van der Waals surface area contributed by atoms with Crippen LogP contribution in [0.5, 0.6) is 0 Å². The molecule has 0 aromatic carbocycles. The van der Waals surface area contributed by atoms with Crippen LogP contribution < -0.4 is 10.2 Å². The molecule has 0 saturated carbocycles. The third kappa shape index (κ3) is 6.54. The van der Waals surface area contributed by atoms with Crippen molar-refractivity contribution in [1.82, 2.24) is 34.3 Å². The summed E-state index contributed by atoms with van der Waals surface area (Å²) >= 11 is 1.51. The minimum atomic E-state index is 0. The van der Waals surface area contributed by atoms with Crippen LogP contribution in [-0.4, -0.2) is 74.2 Å². The summed E-state index contributed by atoms with van der Waals surface area (Å²) in [6.45, 7) is 10.7. The lowest BCUT2D eigenvalue weighted by molar-refractivity contribution is 0.372. The van der Waals surface area contributed by atoms with Crippen LogP contribution in [0.15, 0.2) is 17.6 Å². The highest BCUT2D eigenvalue weighted by Gasteiger charge is 2.21. The van der Waals surface area contributed by atoms with Gasteiger partial charge in [-0.05, 0) is 19.8 Å². The van der Waals surface area contributed by atoms with E-state index >= 15 is 0 Å². The highest BCUT2D eigenvalue weighted by atomic mass is 127. The Morgan fingerprint density at radius 2 is 1.89 bits per heavy atom. The molecule has 1 fully saturated rings. The fraction of sp³-hybridized carbons (Fsp3) is 0.706. The van der Waals surface area contributed by atoms with Crippen molar-refractivity contribution in [1.29, 1.82) is 0 Å². The Balaban J connectivity index is 0.00000280. The number of nitrogens with one attached hydrogen (secondary N) is 1. The number of piperazine rings is 1. The highest BCUT2D eigenvalue weighted by molar-refractivity contribution is 14.0. The molecule has 1 N–H and O–H groups in total. The fourth-order valence-electron chi connectivity index (χ4n) is 2.98. The molecule has 0 spiro atoms. The van der Waals surface area contributed by atoms with Gasteiger partial charge >= 0.3 is 0 Å². The number of nitrogens with zero attached hydrogens (tertiary/aromatic N) is 8. The molecule has 3 rings (SSSR count). The molecule has 156 valence electrons. The van der Waals surface area contributed by atoms with E-state index in [0.29, 0.717) is 0 Å². The number of aryl methyl sites for hydroxylation is 2. The quantitative estimate of drug-likeness (QED) is 0.247. The van der Waals surface area contributed by atoms with Crippen LogP contribution >= 0.6 is 35.5 Å². The molecule has 2 aromatic rings. The first kappa shape index (κ1) is 22.8. The number of halogens is 1. The summed E-state index contributed by atoms with van der Waals surface area (Å²) in [5.74, 6) is 1.96. The maximum Gasteiger partial charge on any atom is 0.205 e. The molecule has 2 aromatic heterocycles. The van der Waals surface area contributed by atoms with Gasteiger partial charge in [0, 0.05) is 63.8 Å². The van der Waals surface area contributed by atoms with E-state index in [1.165, 1.54) is 11.5 Å². The summed E-state index contributed by atoms with van der Waals surface area (Å²) in [4.78, 5) is 14.1. The summed E-state index contributed by atoms with van der Waals surface area (Å²) in [6.07, 6.45) is 6.54. The lowest BCUT2D eigenvalue weighted by atomic mass is 10.3. The van der Waals surface area contributed by atoms with Crippen LogP contribution in [0.2, 0.25) is 0 Å². The first-order valence-corrected chi connectivity index (χ1v) is 10.5. The summed E-state index contributed by atoms with van der Waals surface area (Å²) in [6, 6.07) is 0. The average molecular weight is 519 g/mol. The average Bonchev–Trinajstić information content (AvgIpc) is 3.39. The van der Waals surface area contributed by atoms with Crippen molar-refractivity contribution in [2.45, 2.75) is 39.7 Å². The van der Waals surface area contributed by atoms with E-state index < -0.39 is 0 Å². The number of aromatic nitrogens is 5. The molecule has 0 aliphatic carbocycles. The lowest BCUT2D eigenvalue weighted by Gasteiger charge is -2.36. The Kier molecular flexibility index (Phi) is 9.88. The SMILES string of the molecule is CCNC(=NCCCCn1cnnc1)N1CCN(c2nc(CC)ns2)CC1.I. The van der Waals surface area contributed by atoms with Crippen molar-refractivity contribution in [3.05, 3.63) is 18.5 Å². The molecule has 28 heavy (non-hydrogen) atoms. The molecular formula is C17H30IN9S. The van der Waals surface area contributed by atoms with Crippen molar-refractivity contribution in [3.63, 3.8) is 0 Å². The number of anilines is 1. The van der Waals surface area contributed by atoms with Crippen molar-refractivity contribution < 1.29 is 0 Å². The van der Waals surface area contributed by atoms with E-state index in [-0.39, 0.29) is 24.0 Å². The van der Waals surface area contributed by atoms with Gasteiger partial charge < -0.3 is 19.7 Å². The van der Waals surface area contributed by atoms with Crippen LogP contribution in [0.3, 0.4) is 0 Å². The van der Waals surface area contributed by atoms with E-state index in [1.54, 1.807) is 12.7 Å². The molecule has 3 heterocycles. The second-order valence-corrected chi connectivity index (χ2v) is 7.19. The topological polar surface area (TPSA) is 87.4 Å². The van der Waals surface area contributed by atoms with Gasteiger partial charge in [-0.3, -0.25) is 4.99 Å². The van der Waals surface area contributed by atoms with Gasteiger partial charge in [0.25, 0.3) is 0 Å². The van der Waals surface area contributed by atoms with E-state index in [0.717, 1.165) is 82.0 Å². The molecule has 0 amide bonds. The minimum Gasteiger partial charge on any atom is -0.357 e. The van der Waals surface area contributed by atoms with E-state index in [1.807, 2.05) is 4.57 Å². The number of hydrogen-bond donors (Lipinski definition) is 1. The maximum atomic E-state index is 4.82. The number of rotatable bonds is 8. The maximum absolute atomic E-state index is 4.82. The molecule has 1 aliphatic heterocycles. The van der Waals surface area contributed by atoms with Crippen molar-refractivity contribution >= 4 is 46.6 Å². The standard InChI is InChI=1S/C17H29N9S.HI/c1-3-15-22-17(27-23-15)26-11-9-25(10-12-26)16(18-4-2)19-7-5-6-8-24-13-20-21-14-24;/h13-14H,3-12H2,1-2H3,(H,18,19);1H. The van der Waals surface area contributed by atoms with Gasteiger partial charge in [-0.1, -0.05) is 6.92 Å². The smallest absolute Gasteiger partial charge is 0.205 e. The van der Waals surface area contributed by atoms with Crippen LogP contribution in [0.1, 0.15) is 32.5 Å². The lowest BCUT2D eigenvalue weighted by Crippen LogP contribution is -2.52. The summed E-state index contributed by atoms with van der Waals surface area (Å²) < 4.78 is 6.41. The second-order valence-electron chi connectivity index (χ2n) is 6.46. The number of hydrogen-bond acceptors (Lipinski definition) is 7. The monoisotopic (exact) mass is 519 g/mol. The third-order valence-electron chi connectivity index (χ3n) is 4.51. The Morgan fingerprint density at radius 1 is 1.14 bits per heavy atom. The number of unbranched alkanes of at least 4 members (excludes halogenated alkanes) is 1. The third-order valence-corrected chi connectivity index (χ3v) is 5.33. The molecule has 1 saturated heterocycles. The first-order chi connectivity index (χ1) is 13.3. The number of aliphatic imine (C=N–C) groups is 1. The van der Waals surface area contributed by atoms with E-state index in [2.05, 4.69) is 48.5 Å².